The van der Waals surface area contributed by atoms with E-state index in [2.05, 4.69) is 4.99 Å². The second-order valence-corrected chi connectivity index (χ2v) is 5.45. The maximum atomic E-state index is 11.9. The van der Waals surface area contributed by atoms with Crippen LogP contribution in [0.4, 0.5) is 5.69 Å². The Morgan fingerprint density at radius 1 is 1.13 bits per heavy atom. The van der Waals surface area contributed by atoms with Crippen molar-refractivity contribution in [2.45, 2.75) is 6.92 Å². The monoisotopic (exact) mass is 327 g/mol. The van der Waals surface area contributed by atoms with Gasteiger partial charge in [0.25, 0.3) is 0 Å². The van der Waals surface area contributed by atoms with E-state index in [1.165, 1.54) is 6.92 Å². The Labute approximate surface area is 138 Å². The summed E-state index contributed by atoms with van der Waals surface area (Å²) >= 11 is 5.99. The highest BCUT2D eigenvalue weighted by molar-refractivity contribution is 6.31. The topological polar surface area (TPSA) is 51.8 Å². The molecule has 0 bridgehead atoms. The molecular formula is C18H14ClNO3. The van der Waals surface area contributed by atoms with Crippen LogP contribution in [0.15, 0.2) is 57.9 Å². The second-order valence-electron chi connectivity index (χ2n) is 5.01. The minimum absolute atomic E-state index is 0.122. The van der Waals surface area contributed by atoms with E-state index < -0.39 is 0 Å². The molecule has 2 aromatic carbocycles. The minimum Gasteiger partial charge on any atom is -0.497 e. The van der Waals surface area contributed by atoms with Crippen molar-refractivity contribution in [2.75, 3.05) is 7.11 Å². The smallest absolute Gasteiger partial charge is 0.230 e. The van der Waals surface area contributed by atoms with Crippen LogP contribution in [0.5, 0.6) is 5.75 Å². The minimum atomic E-state index is -0.122. The number of hydrogen-bond donors (Lipinski definition) is 0. The first-order chi connectivity index (χ1) is 11.1. The van der Waals surface area contributed by atoms with E-state index in [4.69, 9.17) is 20.8 Å². The highest BCUT2D eigenvalue weighted by atomic mass is 35.5. The number of carbonyl (C=O) groups excluding carboxylic acids is 1. The van der Waals surface area contributed by atoms with Gasteiger partial charge in [0.1, 0.15) is 11.3 Å². The van der Waals surface area contributed by atoms with Gasteiger partial charge in [-0.3, -0.25) is 4.79 Å². The summed E-state index contributed by atoms with van der Waals surface area (Å²) in [6.45, 7) is 1.48. The summed E-state index contributed by atoms with van der Waals surface area (Å²) in [6.07, 6.45) is 0. The largest absolute Gasteiger partial charge is 0.497 e. The summed E-state index contributed by atoms with van der Waals surface area (Å²) < 4.78 is 10.9. The Morgan fingerprint density at radius 2 is 1.87 bits per heavy atom. The number of ketones is 1. The maximum Gasteiger partial charge on any atom is 0.230 e. The van der Waals surface area contributed by atoms with Crippen LogP contribution in [-0.2, 0) is 0 Å². The molecule has 0 aliphatic rings. The molecule has 0 spiro atoms. The molecule has 0 atom stereocenters. The highest BCUT2D eigenvalue weighted by Crippen LogP contribution is 2.21. The van der Waals surface area contributed by atoms with Crippen LogP contribution in [0, 0.1) is 0 Å². The first kappa shape index (κ1) is 15.3. The van der Waals surface area contributed by atoms with Gasteiger partial charge in [0.15, 0.2) is 5.78 Å². The van der Waals surface area contributed by atoms with Gasteiger partial charge in [-0.2, -0.15) is 0 Å². The summed E-state index contributed by atoms with van der Waals surface area (Å²) in [4.78, 5) is 16.3. The molecule has 1 aromatic heterocycles. The fourth-order valence-corrected chi connectivity index (χ4v) is 2.39. The molecule has 5 heteroatoms. The van der Waals surface area contributed by atoms with E-state index in [0.29, 0.717) is 21.9 Å². The van der Waals surface area contributed by atoms with Gasteiger partial charge in [-0.05, 0) is 55.5 Å². The van der Waals surface area contributed by atoms with Crippen molar-refractivity contribution in [2.24, 2.45) is 4.99 Å². The van der Waals surface area contributed by atoms with E-state index in [1.54, 1.807) is 55.6 Å². The summed E-state index contributed by atoms with van der Waals surface area (Å²) in [5.41, 5.74) is 1.98. The number of ether oxygens (including phenoxy) is 1. The van der Waals surface area contributed by atoms with Crippen molar-refractivity contribution in [1.29, 1.82) is 0 Å². The molecule has 0 N–H and O–H groups in total. The van der Waals surface area contributed by atoms with Crippen molar-refractivity contribution < 1.29 is 13.9 Å². The normalized spacial score (nSPS) is 11.7. The van der Waals surface area contributed by atoms with E-state index in [1.807, 2.05) is 0 Å². The highest BCUT2D eigenvalue weighted by Gasteiger charge is 2.09. The number of rotatable bonds is 3. The van der Waals surface area contributed by atoms with Crippen LogP contribution in [0.1, 0.15) is 17.3 Å². The zero-order chi connectivity index (χ0) is 16.4. The summed E-state index contributed by atoms with van der Waals surface area (Å²) in [5.74, 6) is 0.615. The van der Waals surface area contributed by atoms with Crippen molar-refractivity contribution in [1.82, 2.24) is 0 Å². The number of Topliss-reactive ketones (excluding diaryl/α,β-unsaturated/α-hetero) is 1. The SMILES string of the molecule is COc1ccc(/N=c2\oc3ccc(Cl)cc3cc2C(C)=O)cc1. The van der Waals surface area contributed by atoms with Crippen LogP contribution in [0.2, 0.25) is 5.02 Å². The number of fused-ring (bicyclic) bond motifs is 1. The maximum absolute atomic E-state index is 11.9. The molecule has 116 valence electrons. The lowest BCUT2D eigenvalue weighted by Gasteiger charge is -2.03. The van der Waals surface area contributed by atoms with E-state index in [9.17, 15) is 4.79 Å². The van der Waals surface area contributed by atoms with E-state index in [-0.39, 0.29) is 11.3 Å². The van der Waals surface area contributed by atoms with Crippen LogP contribution < -0.4 is 10.3 Å². The number of nitrogens with zero attached hydrogens (tertiary/aromatic N) is 1. The van der Waals surface area contributed by atoms with Crippen LogP contribution in [0.25, 0.3) is 11.0 Å². The first-order valence-electron chi connectivity index (χ1n) is 7.00. The second kappa shape index (κ2) is 6.26. The molecule has 0 fully saturated rings. The lowest BCUT2D eigenvalue weighted by Crippen LogP contribution is -2.12. The van der Waals surface area contributed by atoms with Gasteiger partial charge in [0.05, 0.1) is 18.4 Å². The van der Waals surface area contributed by atoms with Gasteiger partial charge in [0, 0.05) is 10.4 Å². The lowest BCUT2D eigenvalue weighted by atomic mass is 10.1. The molecule has 0 aliphatic heterocycles. The summed E-state index contributed by atoms with van der Waals surface area (Å²) in [6, 6.07) is 14.2. The predicted molar refractivity (Wildman–Crippen MR) is 89.4 cm³/mol. The lowest BCUT2D eigenvalue weighted by molar-refractivity contribution is 0.101. The molecule has 3 aromatic rings. The average molecular weight is 328 g/mol. The molecule has 23 heavy (non-hydrogen) atoms. The fraction of sp³-hybridized carbons (Fsp3) is 0.111. The number of benzene rings is 2. The third-order valence-electron chi connectivity index (χ3n) is 3.39. The number of hydrogen-bond acceptors (Lipinski definition) is 4. The van der Waals surface area contributed by atoms with Crippen molar-refractivity contribution in [3.63, 3.8) is 0 Å². The van der Waals surface area contributed by atoms with Crippen molar-refractivity contribution in [3.05, 3.63) is 64.7 Å². The first-order valence-corrected chi connectivity index (χ1v) is 7.38. The summed E-state index contributed by atoms with van der Waals surface area (Å²) in [7, 11) is 1.60. The van der Waals surface area contributed by atoms with Gasteiger partial charge in [-0.15, -0.1) is 0 Å². The average Bonchev–Trinajstić information content (AvgIpc) is 2.55. The standard InChI is InChI=1S/C18H14ClNO3/c1-11(21)16-10-12-9-13(19)3-8-17(12)23-18(16)20-14-4-6-15(22-2)7-5-14/h3-10H,1-2H3/b20-18-. The molecule has 1 heterocycles. The molecular weight excluding hydrogens is 314 g/mol. The van der Waals surface area contributed by atoms with E-state index in [0.717, 1.165) is 11.1 Å². The third kappa shape index (κ3) is 3.27. The number of methoxy groups -OCH3 is 1. The summed E-state index contributed by atoms with van der Waals surface area (Å²) in [5, 5.41) is 1.35. The molecule has 0 radical (unpaired) electrons. The zero-order valence-electron chi connectivity index (χ0n) is 12.7. The zero-order valence-corrected chi connectivity index (χ0v) is 13.4. The number of carbonyl (C=O) groups is 1. The quantitative estimate of drug-likeness (QED) is 0.664. The Morgan fingerprint density at radius 3 is 2.52 bits per heavy atom. The van der Waals surface area contributed by atoms with E-state index >= 15 is 0 Å². The van der Waals surface area contributed by atoms with Crippen LogP contribution in [-0.4, -0.2) is 12.9 Å². The van der Waals surface area contributed by atoms with Crippen molar-refractivity contribution >= 4 is 34.0 Å². The van der Waals surface area contributed by atoms with Gasteiger partial charge in [0.2, 0.25) is 5.55 Å². The Balaban J connectivity index is 2.21. The van der Waals surface area contributed by atoms with Gasteiger partial charge < -0.3 is 9.15 Å². The van der Waals surface area contributed by atoms with Gasteiger partial charge >= 0.3 is 0 Å². The molecule has 3 rings (SSSR count). The molecule has 0 saturated heterocycles. The molecule has 4 nitrogen and oxygen atoms in total. The molecule has 0 unspecified atom stereocenters. The fourth-order valence-electron chi connectivity index (χ4n) is 2.21. The number of halogens is 1. The predicted octanol–water partition coefficient (Wildman–Crippen LogP) is 4.53. The Bertz CT molecular complexity index is 943. The molecule has 0 saturated carbocycles. The Hall–Kier alpha value is -2.59. The molecule has 0 amide bonds. The molecule has 0 aliphatic carbocycles. The van der Waals surface area contributed by atoms with Gasteiger partial charge in [-0.25, -0.2) is 4.99 Å². The van der Waals surface area contributed by atoms with Crippen LogP contribution >= 0.6 is 11.6 Å². The Kier molecular flexibility index (Phi) is 4.17. The van der Waals surface area contributed by atoms with Gasteiger partial charge in [-0.1, -0.05) is 11.6 Å². The van der Waals surface area contributed by atoms with Crippen molar-refractivity contribution in [3.8, 4) is 5.75 Å². The van der Waals surface area contributed by atoms with Crippen LogP contribution in [0.3, 0.4) is 0 Å². The third-order valence-corrected chi connectivity index (χ3v) is 3.63.